The second-order valence-corrected chi connectivity index (χ2v) is 9.06. The predicted molar refractivity (Wildman–Crippen MR) is 132 cm³/mol. The summed E-state index contributed by atoms with van der Waals surface area (Å²) in [6.07, 6.45) is -0.875. The Balaban J connectivity index is 1.45. The standard InChI is InChI=1S/C26H18BrN3O5/c27-16-7-8-19-18(12-16)26(33)30(29-25(32)15-6-10-21-22(11-15)35-13-34-21)24(28-19)23-17-4-2-1-3-14(17)5-9-20(23)31/h1-12,24,28,31H,13H2,(H,29,32)/t24-/m0/s1. The number of rotatable bonds is 3. The van der Waals surface area contributed by atoms with Gasteiger partial charge in [-0.1, -0.05) is 46.3 Å². The third kappa shape index (κ3) is 3.60. The lowest BCUT2D eigenvalue weighted by Gasteiger charge is -2.38. The van der Waals surface area contributed by atoms with Gasteiger partial charge in [0.25, 0.3) is 11.8 Å². The minimum Gasteiger partial charge on any atom is -0.507 e. The molecule has 0 unspecified atom stereocenters. The van der Waals surface area contributed by atoms with E-state index in [9.17, 15) is 14.7 Å². The lowest BCUT2D eigenvalue weighted by molar-refractivity contribution is 0.0490. The maximum absolute atomic E-state index is 13.7. The predicted octanol–water partition coefficient (Wildman–Crippen LogP) is 4.95. The molecule has 4 aromatic carbocycles. The Morgan fingerprint density at radius 1 is 1.03 bits per heavy atom. The van der Waals surface area contributed by atoms with Gasteiger partial charge in [0, 0.05) is 21.3 Å². The number of hydrogen-bond donors (Lipinski definition) is 3. The van der Waals surface area contributed by atoms with Crippen molar-refractivity contribution < 1.29 is 24.2 Å². The number of nitrogens with one attached hydrogen (secondary N) is 2. The Hall–Kier alpha value is -4.24. The zero-order valence-corrected chi connectivity index (χ0v) is 19.7. The quantitative estimate of drug-likeness (QED) is 0.346. The molecule has 35 heavy (non-hydrogen) atoms. The molecule has 2 aliphatic rings. The van der Waals surface area contributed by atoms with Gasteiger partial charge in [0.05, 0.1) is 5.56 Å². The zero-order chi connectivity index (χ0) is 24.1. The molecule has 0 saturated heterocycles. The van der Waals surface area contributed by atoms with Crippen molar-refractivity contribution in [1.82, 2.24) is 10.4 Å². The van der Waals surface area contributed by atoms with Crippen LogP contribution in [0, 0.1) is 0 Å². The van der Waals surface area contributed by atoms with Crippen LogP contribution in [-0.2, 0) is 0 Å². The molecule has 2 heterocycles. The molecule has 8 nitrogen and oxygen atoms in total. The first-order chi connectivity index (χ1) is 17.0. The summed E-state index contributed by atoms with van der Waals surface area (Å²) in [5, 5.41) is 17.1. The van der Waals surface area contributed by atoms with Crippen molar-refractivity contribution in [2.45, 2.75) is 6.17 Å². The maximum atomic E-state index is 13.7. The fourth-order valence-electron chi connectivity index (χ4n) is 4.38. The van der Waals surface area contributed by atoms with Crippen LogP contribution in [0.5, 0.6) is 17.2 Å². The SMILES string of the molecule is O=C(NN1C(=O)c2cc(Br)ccc2N[C@@H]1c1c(O)ccc2ccccc12)c1ccc2c(c1)OCO2. The topological polar surface area (TPSA) is 100 Å². The van der Waals surface area contributed by atoms with Crippen LogP contribution in [0.2, 0.25) is 0 Å². The number of carbonyl (C=O) groups is 2. The molecular weight excluding hydrogens is 514 g/mol. The summed E-state index contributed by atoms with van der Waals surface area (Å²) in [5.41, 5.74) is 4.46. The number of hydrogen-bond acceptors (Lipinski definition) is 6. The number of halogens is 1. The molecule has 2 amide bonds. The molecular formula is C26H18BrN3O5. The molecule has 0 radical (unpaired) electrons. The van der Waals surface area contributed by atoms with E-state index in [1.807, 2.05) is 30.3 Å². The Morgan fingerprint density at radius 3 is 2.74 bits per heavy atom. The van der Waals surface area contributed by atoms with Crippen molar-refractivity contribution in [2.24, 2.45) is 0 Å². The average molecular weight is 532 g/mol. The Kier molecular flexibility index (Phi) is 5.00. The molecule has 0 saturated carbocycles. The number of carbonyl (C=O) groups excluding carboxylic acids is 2. The third-order valence-electron chi connectivity index (χ3n) is 6.06. The number of nitrogens with zero attached hydrogens (tertiary/aromatic N) is 1. The molecule has 0 spiro atoms. The summed E-state index contributed by atoms with van der Waals surface area (Å²) < 4.78 is 11.4. The number of phenolic OH excluding ortho intramolecular Hbond substituents is 1. The van der Waals surface area contributed by atoms with Gasteiger partial charge in [-0.25, -0.2) is 5.01 Å². The second-order valence-electron chi connectivity index (χ2n) is 8.14. The monoisotopic (exact) mass is 531 g/mol. The van der Waals surface area contributed by atoms with Crippen LogP contribution in [0.15, 0.2) is 77.3 Å². The van der Waals surface area contributed by atoms with E-state index >= 15 is 0 Å². The van der Waals surface area contributed by atoms with Crippen molar-refractivity contribution in [2.75, 3.05) is 12.1 Å². The van der Waals surface area contributed by atoms with Gasteiger partial charge in [-0.3, -0.25) is 15.0 Å². The van der Waals surface area contributed by atoms with Gasteiger partial charge in [0.2, 0.25) is 6.79 Å². The van der Waals surface area contributed by atoms with E-state index in [-0.39, 0.29) is 12.5 Å². The highest BCUT2D eigenvalue weighted by Gasteiger charge is 2.37. The van der Waals surface area contributed by atoms with Gasteiger partial charge in [-0.15, -0.1) is 0 Å². The number of fused-ring (bicyclic) bond motifs is 3. The number of anilines is 1. The van der Waals surface area contributed by atoms with E-state index in [2.05, 4.69) is 26.7 Å². The van der Waals surface area contributed by atoms with E-state index in [0.29, 0.717) is 33.9 Å². The molecule has 4 aromatic rings. The summed E-state index contributed by atoms with van der Waals surface area (Å²) in [6.45, 7) is 0.0863. The first-order valence-electron chi connectivity index (χ1n) is 10.8. The largest absolute Gasteiger partial charge is 0.507 e. The Bertz CT molecular complexity index is 1520. The zero-order valence-electron chi connectivity index (χ0n) is 18.1. The van der Waals surface area contributed by atoms with E-state index in [1.54, 1.807) is 42.5 Å². The van der Waals surface area contributed by atoms with Crippen LogP contribution in [0.3, 0.4) is 0 Å². The molecule has 3 N–H and O–H groups in total. The van der Waals surface area contributed by atoms with E-state index in [1.165, 1.54) is 5.01 Å². The third-order valence-corrected chi connectivity index (χ3v) is 6.55. The number of ether oxygens (including phenoxy) is 2. The lowest BCUT2D eigenvalue weighted by atomic mass is 9.98. The highest BCUT2D eigenvalue weighted by Crippen LogP contribution is 2.40. The first kappa shape index (κ1) is 21.3. The molecule has 0 aliphatic carbocycles. The summed E-state index contributed by atoms with van der Waals surface area (Å²) >= 11 is 3.41. The normalized spacial score (nSPS) is 16.1. The van der Waals surface area contributed by atoms with E-state index < -0.39 is 18.0 Å². The van der Waals surface area contributed by atoms with Gasteiger partial charge in [-0.05, 0) is 53.2 Å². The van der Waals surface area contributed by atoms with Crippen LogP contribution in [0.4, 0.5) is 5.69 Å². The van der Waals surface area contributed by atoms with Crippen molar-refractivity contribution in [3.8, 4) is 17.2 Å². The number of benzene rings is 4. The fraction of sp³-hybridized carbons (Fsp3) is 0.0769. The molecule has 2 aliphatic heterocycles. The van der Waals surface area contributed by atoms with Gasteiger partial charge in [-0.2, -0.15) is 0 Å². The molecule has 174 valence electrons. The number of hydrazine groups is 1. The van der Waals surface area contributed by atoms with Crippen molar-refractivity contribution >= 4 is 44.2 Å². The second kappa shape index (κ2) is 8.21. The van der Waals surface area contributed by atoms with Crippen LogP contribution in [0.1, 0.15) is 32.4 Å². The molecule has 0 aromatic heterocycles. The molecule has 1 atom stereocenters. The first-order valence-corrected chi connectivity index (χ1v) is 11.6. The van der Waals surface area contributed by atoms with Gasteiger partial charge in [0.1, 0.15) is 5.75 Å². The molecule has 0 bridgehead atoms. The van der Waals surface area contributed by atoms with E-state index in [0.717, 1.165) is 15.2 Å². The average Bonchev–Trinajstić information content (AvgIpc) is 3.34. The number of amides is 2. The Morgan fingerprint density at radius 2 is 1.86 bits per heavy atom. The van der Waals surface area contributed by atoms with Crippen molar-refractivity contribution in [1.29, 1.82) is 0 Å². The number of aromatic hydroxyl groups is 1. The van der Waals surface area contributed by atoms with E-state index in [4.69, 9.17) is 9.47 Å². The van der Waals surface area contributed by atoms with Crippen LogP contribution in [0.25, 0.3) is 10.8 Å². The van der Waals surface area contributed by atoms with Crippen LogP contribution < -0.4 is 20.2 Å². The minimum absolute atomic E-state index is 0.00288. The summed E-state index contributed by atoms with van der Waals surface area (Å²) in [7, 11) is 0. The highest BCUT2D eigenvalue weighted by atomic mass is 79.9. The summed E-state index contributed by atoms with van der Waals surface area (Å²) in [6, 6.07) is 21.0. The van der Waals surface area contributed by atoms with Crippen molar-refractivity contribution in [3.63, 3.8) is 0 Å². The smallest absolute Gasteiger partial charge is 0.276 e. The van der Waals surface area contributed by atoms with Gasteiger partial charge >= 0.3 is 0 Å². The van der Waals surface area contributed by atoms with Crippen molar-refractivity contribution in [3.05, 3.63) is 94.0 Å². The Labute approximate surface area is 208 Å². The molecule has 9 heteroatoms. The maximum Gasteiger partial charge on any atom is 0.276 e. The van der Waals surface area contributed by atoms with Gasteiger partial charge in [0.15, 0.2) is 17.7 Å². The number of phenols is 1. The van der Waals surface area contributed by atoms with Crippen LogP contribution in [-0.4, -0.2) is 28.7 Å². The lowest BCUT2D eigenvalue weighted by Crippen LogP contribution is -2.53. The minimum atomic E-state index is -0.875. The highest BCUT2D eigenvalue weighted by molar-refractivity contribution is 9.10. The summed E-state index contributed by atoms with van der Waals surface area (Å²) in [4.78, 5) is 26.9. The van der Waals surface area contributed by atoms with Gasteiger partial charge < -0.3 is 19.9 Å². The summed E-state index contributed by atoms with van der Waals surface area (Å²) in [5.74, 6) is 0.0675. The molecule has 6 rings (SSSR count). The fourth-order valence-corrected chi connectivity index (χ4v) is 4.74. The molecule has 0 fully saturated rings. The van der Waals surface area contributed by atoms with Crippen LogP contribution >= 0.6 is 15.9 Å².